The number of Topliss-reactive ketones (excluding diaryl/α,β-unsaturated/α-hetero) is 1. The van der Waals surface area contributed by atoms with Gasteiger partial charge in [0.15, 0.2) is 5.78 Å². The van der Waals surface area contributed by atoms with Gasteiger partial charge in [-0.05, 0) is 76.9 Å². The fraction of sp³-hybridized carbons (Fsp3) is 0.533. The molecular weight excluding hydrogens is 458 g/mol. The fourth-order valence-corrected chi connectivity index (χ4v) is 5.14. The van der Waals surface area contributed by atoms with E-state index in [-0.39, 0.29) is 24.2 Å². The molecule has 0 unspecified atom stereocenters. The lowest BCUT2D eigenvalue weighted by Gasteiger charge is -2.32. The summed E-state index contributed by atoms with van der Waals surface area (Å²) in [5.74, 6) is -3.46. The van der Waals surface area contributed by atoms with E-state index in [9.17, 15) is 18.4 Å². The van der Waals surface area contributed by atoms with E-state index in [2.05, 4.69) is 10.2 Å². The summed E-state index contributed by atoms with van der Waals surface area (Å²) in [5, 5.41) is 3.03. The van der Waals surface area contributed by atoms with Gasteiger partial charge in [-0.15, -0.1) is 0 Å². The van der Waals surface area contributed by atoms with Crippen LogP contribution in [-0.4, -0.2) is 49.2 Å². The maximum atomic E-state index is 14.7. The van der Waals surface area contributed by atoms with Crippen LogP contribution in [0.5, 0.6) is 0 Å². The first-order valence-corrected chi connectivity index (χ1v) is 12.9. The van der Waals surface area contributed by atoms with Crippen LogP contribution in [0.2, 0.25) is 0 Å². The minimum atomic E-state index is -2.85. The SMILES string of the molecule is CCC(=O)c1ccc(C[C@@H](CNC(=O)C[C@@H](c2ccc(C)cc2)C2(C(C)(F)F)CC2)N(C)C)c(C)c1. The Morgan fingerprint density at radius 1 is 1.08 bits per heavy atom. The third-order valence-corrected chi connectivity index (χ3v) is 7.91. The first-order valence-electron chi connectivity index (χ1n) is 12.9. The van der Waals surface area contributed by atoms with E-state index in [1.807, 2.05) is 77.3 Å². The number of amides is 1. The molecule has 0 aliphatic heterocycles. The Bertz CT molecular complexity index is 1070. The van der Waals surface area contributed by atoms with E-state index in [0.29, 0.717) is 32.2 Å². The zero-order chi connectivity index (χ0) is 26.7. The Hall–Kier alpha value is -2.60. The molecule has 36 heavy (non-hydrogen) atoms. The number of hydrogen-bond acceptors (Lipinski definition) is 3. The van der Waals surface area contributed by atoms with E-state index in [1.54, 1.807) is 0 Å². The molecule has 0 radical (unpaired) electrons. The van der Waals surface area contributed by atoms with Crippen LogP contribution in [0.1, 0.15) is 78.1 Å². The maximum Gasteiger partial charge on any atom is 0.251 e. The predicted molar refractivity (Wildman–Crippen MR) is 141 cm³/mol. The molecule has 196 valence electrons. The highest BCUT2D eigenvalue weighted by molar-refractivity contribution is 5.96. The molecule has 0 bridgehead atoms. The monoisotopic (exact) mass is 498 g/mol. The van der Waals surface area contributed by atoms with E-state index < -0.39 is 17.3 Å². The molecular formula is C30H40F2N2O2. The smallest absolute Gasteiger partial charge is 0.251 e. The summed E-state index contributed by atoms with van der Waals surface area (Å²) in [4.78, 5) is 27.2. The Labute approximate surface area is 214 Å². The Morgan fingerprint density at radius 3 is 2.22 bits per heavy atom. The van der Waals surface area contributed by atoms with Crippen LogP contribution < -0.4 is 5.32 Å². The highest BCUT2D eigenvalue weighted by atomic mass is 19.3. The minimum absolute atomic E-state index is 0.0284. The average molecular weight is 499 g/mol. The van der Waals surface area contributed by atoms with Crippen LogP contribution in [0.25, 0.3) is 0 Å². The lowest BCUT2D eigenvalue weighted by atomic mass is 9.77. The van der Waals surface area contributed by atoms with E-state index in [4.69, 9.17) is 0 Å². The molecule has 3 rings (SSSR count). The molecule has 2 aromatic rings. The Morgan fingerprint density at radius 2 is 1.72 bits per heavy atom. The molecule has 0 aromatic heterocycles. The number of nitrogens with zero attached hydrogens (tertiary/aromatic N) is 1. The van der Waals surface area contributed by atoms with E-state index in [0.717, 1.165) is 34.7 Å². The molecule has 6 heteroatoms. The summed E-state index contributed by atoms with van der Waals surface area (Å²) in [6.07, 6.45) is 2.08. The largest absolute Gasteiger partial charge is 0.355 e. The molecule has 0 heterocycles. The topological polar surface area (TPSA) is 49.4 Å². The normalized spacial score (nSPS) is 16.5. The maximum absolute atomic E-state index is 14.7. The van der Waals surface area contributed by atoms with E-state index >= 15 is 0 Å². The number of carbonyl (C=O) groups is 2. The van der Waals surface area contributed by atoms with E-state index in [1.165, 1.54) is 0 Å². The zero-order valence-corrected chi connectivity index (χ0v) is 22.5. The number of ketones is 1. The van der Waals surface area contributed by atoms with Crippen molar-refractivity contribution in [3.05, 3.63) is 70.3 Å². The Balaban J connectivity index is 1.70. The molecule has 0 spiro atoms. The van der Waals surface area contributed by atoms with Gasteiger partial charge in [0, 0.05) is 42.3 Å². The van der Waals surface area contributed by atoms with Gasteiger partial charge in [-0.3, -0.25) is 9.59 Å². The highest BCUT2D eigenvalue weighted by Crippen LogP contribution is 2.65. The number of nitrogens with one attached hydrogen (secondary N) is 1. The number of hydrogen-bond donors (Lipinski definition) is 1. The first-order chi connectivity index (χ1) is 16.9. The third-order valence-electron chi connectivity index (χ3n) is 7.91. The van der Waals surface area contributed by atoms with Crippen molar-refractivity contribution in [1.29, 1.82) is 0 Å². The van der Waals surface area contributed by atoms with Gasteiger partial charge in [0.1, 0.15) is 0 Å². The van der Waals surface area contributed by atoms with Crippen LogP contribution >= 0.6 is 0 Å². The standard InChI is InChI=1S/C30H40F2N2O2/c1-7-27(35)24-13-12-23(21(3)16-24)17-25(34(5)6)19-33-28(36)18-26(22-10-8-20(2)9-11-22)30(14-15-30)29(4,31)32/h8-13,16,25-26H,7,14-15,17-19H2,1-6H3,(H,33,36)/t25-,26-/m0/s1. The number of aryl methyl sites for hydroxylation is 2. The average Bonchev–Trinajstić information content (AvgIpc) is 3.63. The quantitative estimate of drug-likeness (QED) is 0.360. The van der Waals surface area contributed by atoms with Crippen LogP contribution in [-0.2, 0) is 11.2 Å². The van der Waals surface area contributed by atoms with Gasteiger partial charge < -0.3 is 10.2 Å². The van der Waals surface area contributed by atoms with Gasteiger partial charge in [-0.25, -0.2) is 8.78 Å². The highest BCUT2D eigenvalue weighted by Gasteiger charge is 2.63. The number of benzene rings is 2. The second-order valence-electron chi connectivity index (χ2n) is 10.8. The van der Waals surface area contributed by atoms with Crippen molar-refractivity contribution < 1.29 is 18.4 Å². The summed E-state index contributed by atoms with van der Waals surface area (Å²) in [6.45, 7) is 7.22. The third kappa shape index (κ3) is 6.39. The van der Waals surface area contributed by atoms with Crippen molar-refractivity contribution in [2.24, 2.45) is 5.41 Å². The summed E-state index contributed by atoms with van der Waals surface area (Å²) in [6, 6.07) is 13.4. The van der Waals surface area contributed by atoms with Crippen molar-refractivity contribution in [3.8, 4) is 0 Å². The molecule has 1 N–H and O–H groups in total. The summed E-state index contributed by atoms with van der Waals surface area (Å²) in [7, 11) is 3.93. The molecule has 1 aliphatic rings. The predicted octanol–water partition coefficient (Wildman–Crippen LogP) is 6.09. The van der Waals surface area contributed by atoms with Gasteiger partial charge in [0.05, 0.1) is 0 Å². The second-order valence-corrected chi connectivity index (χ2v) is 10.8. The molecule has 1 aliphatic carbocycles. The van der Waals surface area contributed by atoms with Gasteiger partial charge in [0.25, 0.3) is 5.92 Å². The van der Waals surface area contributed by atoms with Crippen molar-refractivity contribution in [2.45, 2.75) is 77.7 Å². The summed E-state index contributed by atoms with van der Waals surface area (Å²) in [5.41, 5.74) is 3.60. The van der Waals surface area contributed by atoms with Crippen LogP contribution in [0.3, 0.4) is 0 Å². The van der Waals surface area contributed by atoms with Gasteiger partial charge in [0.2, 0.25) is 5.91 Å². The number of likely N-dealkylation sites (N-methyl/N-ethyl adjacent to an activating group) is 1. The molecule has 1 amide bonds. The second kappa shape index (κ2) is 11.2. The molecule has 2 aromatic carbocycles. The first kappa shape index (κ1) is 28.0. The van der Waals surface area contributed by atoms with Crippen molar-refractivity contribution in [3.63, 3.8) is 0 Å². The lowest BCUT2D eigenvalue weighted by Crippen LogP contribution is -2.43. The van der Waals surface area contributed by atoms with Crippen LogP contribution in [0, 0.1) is 19.3 Å². The van der Waals surface area contributed by atoms with Crippen molar-refractivity contribution >= 4 is 11.7 Å². The minimum Gasteiger partial charge on any atom is -0.355 e. The molecule has 1 fully saturated rings. The number of halogens is 2. The fourth-order valence-electron chi connectivity index (χ4n) is 5.14. The molecule has 0 saturated heterocycles. The molecule has 2 atom stereocenters. The van der Waals surface area contributed by atoms with Gasteiger partial charge in [-0.1, -0.05) is 48.9 Å². The van der Waals surface area contributed by atoms with Crippen molar-refractivity contribution in [2.75, 3.05) is 20.6 Å². The molecule has 1 saturated carbocycles. The summed E-state index contributed by atoms with van der Waals surface area (Å²) >= 11 is 0. The summed E-state index contributed by atoms with van der Waals surface area (Å²) < 4.78 is 29.3. The lowest BCUT2D eigenvalue weighted by molar-refractivity contribution is -0.123. The van der Waals surface area contributed by atoms with Crippen LogP contribution in [0.15, 0.2) is 42.5 Å². The number of rotatable bonds is 12. The zero-order valence-electron chi connectivity index (χ0n) is 22.5. The van der Waals surface area contributed by atoms with Crippen LogP contribution in [0.4, 0.5) is 8.78 Å². The Kier molecular flexibility index (Phi) is 8.71. The molecule has 4 nitrogen and oxygen atoms in total. The van der Waals surface area contributed by atoms with Crippen molar-refractivity contribution in [1.82, 2.24) is 10.2 Å². The van der Waals surface area contributed by atoms with Gasteiger partial charge >= 0.3 is 0 Å². The number of carbonyl (C=O) groups excluding carboxylic acids is 2. The number of alkyl halides is 2. The van der Waals surface area contributed by atoms with Gasteiger partial charge in [-0.2, -0.15) is 0 Å².